The van der Waals surface area contributed by atoms with Crippen molar-refractivity contribution in [2.24, 2.45) is 0 Å². The predicted octanol–water partition coefficient (Wildman–Crippen LogP) is 1.65. The number of carbonyl (C=O) groups is 3. The Bertz CT molecular complexity index is 1080. The van der Waals surface area contributed by atoms with Gasteiger partial charge in [0.05, 0.1) is 30.8 Å². The summed E-state index contributed by atoms with van der Waals surface area (Å²) in [6.07, 6.45) is 0.166. The van der Waals surface area contributed by atoms with Crippen LogP contribution in [0.5, 0.6) is 11.5 Å². The van der Waals surface area contributed by atoms with Gasteiger partial charge in [0.25, 0.3) is 5.91 Å². The molecule has 0 N–H and O–H groups in total. The summed E-state index contributed by atoms with van der Waals surface area (Å²) in [7, 11) is 1.31. The fraction of sp³-hybridized carbons (Fsp3) is 0.375. The van der Waals surface area contributed by atoms with E-state index in [4.69, 9.17) is 14.2 Å². The molecule has 5 rings (SSSR count). The summed E-state index contributed by atoms with van der Waals surface area (Å²) in [6, 6.07) is 11.9. The maximum atomic E-state index is 13.1. The summed E-state index contributed by atoms with van der Waals surface area (Å²) in [5.74, 6) is 0.657. The van der Waals surface area contributed by atoms with Crippen molar-refractivity contribution in [2.45, 2.75) is 19.0 Å². The van der Waals surface area contributed by atoms with Gasteiger partial charge in [-0.2, -0.15) is 0 Å². The second kappa shape index (κ2) is 8.84. The molecule has 0 bridgehead atoms. The fourth-order valence-corrected chi connectivity index (χ4v) is 4.57. The summed E-state index contributed by atoms with van der Waals surface area (Å²) < 4.78 is 15.5. The van der Waals surface area contributed by atoms with Crippen LogP contribution in [-0.2, 0) is 20.9 Å². The number of rotatable bonds is 5. The molecule has 2 aromatic rings. The van der Waals surface area contributed by atoms with Crippen LogP contribution < -0.4 is 14.4 Å². The van der Waals surface area contributed by atoms with E-state index in [-0.39, 0.29) is 25.0 Å². The Labute approximate surface area is 191 Å². The molecule has 3 aliphatic rings. The van der Waals surface area contributed by atoms with Crippen molar-refractivity contribution < 1.29 is 28.6 Å². The van der Waals surface area contributed by atoms with Crippen molar-refractivity contribution in [3.63, 3.8) is 0 Å². The molecule has 0 saturated carbocycles. The van der Waals surface area contributed by atoms with Gasteiger partial charge in [-0.25, -0.2) is 9.69 Å². The van der Waals surface area contributed by atoms with Crippen LogP contribution in [0.2, 0.25) is 0 Å². The van der Waals surface area contributed by atoms with Crippen LogP contribution in [0.4, 0.5) is 5.69 Å². The van der Waals surface area contributed by atoms with E-state index in [0.717, 1.165) is 36.7 Å². The van der Waals surface area contributed by atoms with Crippen molar-refractivity contribution >= 4 is 23.5 Å². The zero-order valence-corrected chi connectivity index (χ0v) is 18.4. The largest absolute Gasteiger partial charge is 0.465 e. The third kappa shape index (κ3) is 4.17. The minimum Gasteiger partial charge on any atom is -0.465 e. The van der Waals surface area contributed by atoms with Crippen molar-refractivity contribution in [2.75, 3.05) is 45.0 Å². The summed E-state index contributed by atoms with van der Waals surface area (Å²) in [5.41, 5.74) is 2.00. The van der Waals surface area contributed by atoms with Crippen molar-refractivity contribution in [3.8, 4) is 11.5 Å². The Kier molecular flexibility index (Phi) is 5.74. The number of esters is 1. The monoisotopic (exact) mass is 451 g/mol. The van der Waals surface area contributed by atoms with E-state index in [1.807, 2.05) is 18.2 Å². The smallest absolute Gasteiger partial charge is 0.337 e. The first kappa shape index (κ1) is 21.4. The van der Waals surface area contributed by atoms with E-state index >= 15 is 0 Å². The molecule has 9 heteroatoms. The van der Waals surface area contributed by atoms with Gasteiger partial charge in [0, 0.05) is 32.7 Å². The maximum absolute atomic E-state index is 13.1. The lowest BCUT2D eigenvalue weighted by Crippen LogP contribution is -2.52. The number of amides is 2. The number of nitrogens with zero attached hydrogens (tertiary/aromatic N) is 3. The van der Waals surface area contributed by atoms with E-state index in [1.165, 1.54) is 12.0 Å². The van der Waals surface area contributed by atoms with E-state index in [1.54, 1.807) is 24.3 Å². The Morgan fingerprint density at radius 1 is 1.00 bits per heavy atom. The average Bonchev–Trinajstić information content (AvgIpc) is 3.42. The lowest BCUT2D eigenvalue weighted by molar-refractivity contribution is -0.123. The molecule has 2 fully saturated rings. The second-order valence-corrected chi connectivity index (χ2v) is 8.33. The van der Waals surface area contributed by atoms with E-state index in [9.17, 15) is 14.4 Å². The van der Waals surface area contributed by atoms with Crippen LogP contribution in [0.15, 0.2) is 42.5 Å². The van der Waals surface area contributed by atoms with Gasteiger partial charge in [0.15, 0.2) is 11.5 Å². The normalized spacial score (nSPS) is 21.0. The highest BCUT2D eigenvalue weighted by molar-refractivity contribution is 6.22. The topological polar surface area (TPSA) is 88.6 Å². The number of ether oxygens (including phenoxy) is 3. The predicted molar refractivity (Wildman–Crippen MR) is 118 cm³/mol. The highest BCUT2D eigenvalue weighted by Gasteiger charge is 2.43. The number of carbonyl (C=O) groups excluding carboxylic acids is 3. The summed E-state index contributed by atoms with van der Waals surface area (Å²) >= 11 is 0. The van der Waals surface area contributed by atoms with Gasteiger partial charge < -0.3 is 14.2 Å². The zero-order valence-electron chi connectivity index (χ0n) is 18.4. The molecule has 0 unspecified atom stereocenters. The summed E-state index contributed by atoms with van der Waals surface area (Å²) in [4.78, 5) is 43.1. The zero-order chi connectivity index (χ0) is 22.9. The Morgan fingerprint density at radius 3 is 2.45 bits per heavy atom. The van der Waals surface area contributed by atoms with Gasteiger partial charge in [0.1, 0.15) is 0 Å². The third-order valence-electron chi connectivity index (χ3n) is 6.36. The molecule has 33 heavy (non-hydrogen) atoms. The van der Waals surface area contributed by atoms with Crippen LogP contribution in [0.1, 0.15) is 22.3 Å². The van der Waals surface area contributed by atoms with Crippen molar-refractivity contribution in [1.29, 1.82) is 0 Å². The molecule has 3 heterocycles. The third-order valence-corrected chi connectivity index (χ3v) is 6.36. The Morgan fingerprint density at radius 2 is 1.73 bits per heavy atom. The molecular formula is C24H25N3O6. The number of hydrogen-bond acceptors (Lipinski definition) is 8. The molecule has 0 aromatic heterocycles. The van der Waals surface area contributed by atoms with Gasteiger partial charge in [-0.3, -0.25) is 19.4 Å². The number of hydrogen-bond donors (Lipinski definition) is 0. The molecule has 9 nitrogen and oxygen atoms in total. The molecule has 0 aliphatic carbocycles. The van der Waals surface area contributed by atoms with Crippen LogP contribution >= 0.6 is 0 Å². The highest BCUT2D eigenvalue weighted by atomic mass is 16.7. The molecule has 2 saturated heterocycles. The van der Waals surface area contributed by atoms with Crippen LogP contribution in [0.25, 0.3) is 0 Å². The molecule has 172 valence electrons. The van der Waals surface area contributed by atoms with Gasteiger partial charge in [-0.05, 0) is 42.0 Å². The van der Waals surface area contributed by atoms with E-state index in [2.05, 4.69) is 9.80 Å². The SMILES string of the molecule is COC(=O)c1ccc(N2C(=O)C[C@@H](N3CCN(Cc4ccc5c(c4)OCO5)CC3)C2=O)cc1. The minimum absolute atomic E-state index is 0.166. The molecule has 2 aromatic carbocycles. The van der Waals surface area contributed by atoms with Crippen molar-refractivity contribution in [3.05, 3.63) is 53.6 Å². The molecule has 0 spiro atoms. The standard InChI is InChI=1S/C24H25N3O6/c1-31-24(30)17-3-5-18(6-4-17)27-22(28)13-19(23(27)29)26-10-8-25(9-11-26)14-16-2-7-20-21(12-16)33-15-32-20/h2-7,12,19H,8-11,13-15H2,1H3/t19-/m1/s1. The van der Waals surface area contributed by atoms with Gasteiger partial charge in [0.2, 0.25) is 12.7 Å². The number of piperazine rings is 1. The number of anilines is 1. The van der Waals surface area contributed by atoms with Crippen LogP contribution in [-0.4, -0.2) is 73.7 Å². The van der Waals surface area contributed by atoms with Gasteiger partial charge in [-0.1, -0.05) is 6.07 Å². The van der Waals surface area contributed by atoms with Crippen LogP contribution in [0, 0.1) is 0 Å². The van der Waals surface area contributed by atoms with Crippen LogP contribution in [0.3, 0.4) is 0 Å². The van der Waals surface area contributed by atoms with Crippen molar-refractivity contribution in [1.82, 2.24) is 9.80 Å². The lowest BCUT2D eigenvalue weighted by atomic mass is 10.1. The van der Waals surface area contributed by atoms with Gasteiger partial charge >= 0.3 is 5.97 Å². The Balaban J connectivity index is 1.19. The number of methoxy groups -OCH3 is 1. The number of benzene rings is 2. The first-order valence-electron chi connectivity index (χ1n) is 10.9. The quantitative estimate of drug-likeness (QED) is 0.501. The summed E-state index contributed by atoms with van der Waals surface area (Å²) in [5, 5.41) is 0. The molecule has 2 amide bonds. The van der Waals surface area contributed by atoms with E-state index in [0.29, 0.717) is 24.3 Å². The van der Waals surface area contributed by atoms with Gasteiger partial charge in [-0.15, -0.1) is 0 Å². The molecule has 0 radical (unpaired) electrons. The second-order valence-electron chi connectivity index (χ2n) is 8.33. The summed E-state index contributed by atoms with van der Waals surface area (Å²) in [6.45, 7) is 4.09. The lowest BCUT2D eigenvalue weighted by Gasteiger charge is -2.37. The highest BCUT2D eigenvalue weighted by Crippen LogP contribution is 2.33. The average molecular weight is 451 g/mol. The number of imide groups is 1. The molecule has 1 atom stereocenters. The Hall–Kier alpha value is -3.43. The first-order chi connectivity index (χ1) is 16.0. The van der Waals surface area contributed by atoms with E-state index < -0.39 is 12.0 Å². The minimum atomic E-state index is -0.461. The molecule has 3 aliphatic heterocycles. The fourth-order valence-electron chi connectivity index (χ4n) is 4.57. The maximum Gasteiger partial charge on any atom is 0.337 e. The first-order valence-corrected chi connectivity index (χ1v) is 10.9. The number of fused-ring (bicyclic) bond motifs is 1. The molecular weight excluding hydrogens is 426 g/mol.